The number of esters is 1. The maximum absolute atomic E-state index is 11.1. The molecule has 0 N–H and O–H groups in total. The Bertz CT molecular complexity index is 1020. The molecule has 35 heavy (non-hydrogen) atoms. The molecule has 2 heterocycles. The van der Waals surface area contributed by atoms with Gasteiger partial charge in [0.05, 0.1) is 12.8 Å². The van der Waals surface area contributed by atoms with Crippen LogP contribution in [0.25, 0.3) is 5.57 Å². The molecule has 1 fully saturated rings. The van der Waals surface area contributed by atoms with Crippen LogP contribution in [0.5, 0.6) is 0 Å². The van der Waals surface area contributed by atoms with Crippen molar-refractivity contribution in [2.24, 2.45) is 0 Å². The number of unbranched alkanes of at least 4 members (excludes halogenated alkanes) is 6. The number of nitrogens with zero attached hydrogens (tertiary/aromatic N) is 2. The minimum atomic E-state index is -0.0848. The number of benzene rings is 1. The van der Waals surface area contributed by atoms with Crippen molar-refractivity contribution in [2.45, 2.75) is 77.0 Å². The molecule has 0 bridgehead atoms. The fourth-order valence-corrected chi connectivity index (χ4v) is 5.72. The van der Waals surface area contributed by atoms with E-state index in [1.54, 1.807) is 5.57 Å². The largest absolute Gasteiger partial charge is 0.469 e. The molecule has 0 atom stereocenters. The molecule has 1 aromatic carbocycles. The zero-order valence-electron chi connectivity index (χ0n) is 21.2. The predicted octanol–water partition coefficient (Wildman–Crippen LogP) is 7.03. The Labute approximate surface area is 215 Å². The number of likely N-dealkylation sites (tertiary alicyclic amines) is 1. The number of hydrogen-bond acceptors (Lipinski definition) is 4. The van der Waals surface area contributed by atoms with Crippen molar-refractivity contribution < 1.29 is 9.53 Å². The molecule has 4 rings (SSSR count). The summed E-state index contributed by atoms with van der Waals surface area (Å²) in [7, 11) is 1.46. The highest BCUT2D eigenvalue weighted by molar-refractivity contribution is 6.30. The van der Waals surface area contributed by atoms with Gasteiger partial charge in [0.1, 0.15) is 0 Å². The number of fused-ring (bicyclic) bond motifs is 2. The Kier molecular flexibility index (Phi) is 9.79. The molecule has 0 radical (unpaired) electrons. The van der Waals surface area contributed by atoms with E-state index in [2.05, 4.69) is 29.2 Å². The standard InChI is InChI=1S/C30H39ClN2O2/c1-35-28(34)11-7-5-3-2-4-6-8-19-33-20-16-23(17-21-33)29-27-15-14-26(31)22-25(27)13-12-24-10-9-18-32-30(24)29/h9-10,14-15,18,22H,2-8,11-13,16-17,19-21H2,1H3. The van der Waals surface area contributed by atoms with Gasteiger partial charge in [0, 0.05) is 36.3 Å². The molecule has 2 aromatic rings. The summed E-state index contributed by atoms with van der Waals surface area (Å²) >= 11 is 6.36. The number of hydrogen-bond donors (Lipinski definition) is 0. The lowest BCUT2D eigenvalue weighted by Crippen LogP contribution is -2.32. The van der Waals surface area contributed by atoms with Gasteiger partial charge in [0.2, 0.25) is 0 Å². The second-order valence-electron chi connectivity index (χ2n) is 9.93. The van der Waals surface area contributed by atoms with Gasteiger partial charge in [-0.2, -0.15) is 0 Å². The molecule has 1 saturated heterocycles. The topological polar surface area (TPSA) is 42.4 Å². The summed E-state index contributed by atoms with van der Waals surface area (Å²) < 4.78 is 4.70. The summed E-state index contributed by atoms with van der Waals surface area (Å²) in [6.07, 6.45) is 15.2. The van der Waals surface area contributed by atoms with Gasteiger partial charge in [-0.25, -0.2) is 0 Å². The molecular weight excluding hydrogens is 456 g/mol. The second kappa shape index (κ2) is 13.2. The lowest BCUT2D eigenvalue weighted by molar-refractivity contribution is -0.140. The van der Waals surface area contributed by atoms with E-state index < -0.39 is 0 Å². The van der Waals surface area contributed by atoms with E-state index in [1.807, 2.05) is 12.3 Å². The number of rotatable bonds is 10. The van der Waals surface area contributed by atoms with Crippen molar-refractivity contribution in [1.29, 1.82) is 0 Å². The number of carbonyl (C=O) groups is 1. The maximum atomic E-state index is 11.1. The smallest absolute Gasteiger partial charge is 0.305 e. The highest BCUT2D eigenvalue weighted by Gasteiger charge is 2.25. The maximum Gasteiger partial charge on any atom is 0.305 e. The molecule has 1 aliphatic heterocycles. The molecule has 1 aliphatic carbocycles. The molecule has 0 amide bonds. The molecule has 0 unspecified atom stereocenters. The fraction of sp³-hybridized carbons (Fsp3) is 0.533. The van der Waals surface area contributed by atoms with Crippen LogP contribution >= 0.6 is 11.6 Å². The van der Waals surface area contributed by atoms with Crippen LogP contribution in [-0.4, -0.2) is 42.6 Å². The average molecular weight is 495 g/mol. The fourth-order valence-electron chi connectivity index (χ4n) is 5.52. The molecule has 2 aliphatic rings. The van der Waals surface area contributed by atoms with Crippen LogP contribution in [0.2, 0.25) is 5.02 Å². The van der Waals surface area contributed by atoms with Gasteiger partial charge in [-0.3, -0.25) is 9.78 Å². The van der Waals surface area contributed by atoms with Gasteiger partial charge in [0.15, 0.2) is 0 Å². The van der Waals surface area contributed by atoms with E-state index in [0.29, 0.717) is 6.42 Å². The second-order valence-corrected chi connectivity index (χ2v) is 10.4. The van der Waals surface area contributed by atoms with Crippen LogP contribution in [-0.2, 0) is 22.4 Å². The lowest BCUT2D eigenvalue weighted by Gasteiger charge is -2.30. The van der Waals surface area contributed by atoms with Gasteiger partial charge >= 0.3 is 5.97 Å². The third kappa shape index (κ3) is 7.17. The Morgan fingerprint density at radius 3 is 2.43 bits per heavy atom. The number of piperidine rings is 1. The van der Waals surface area contributed by atoms with Crippen molar-refractivity contribution >= 4 is 23.1 Å². The zero-order valence-corrected chi connectivity index (χ0v) is 21.9. The van der Waals surface area contributed by atoms with E-state index in [-0.39, 0.29) is 5.97 Å². The van der Waals surface area contributed by atoms with Crippen LogP contribution in [0.15, 0.2) is 42.1 Å². The first-order chi connectivity index (χ1) is 17.2. The third-order valence-corrected chi connectivity index (χ3v) is 7.76. The summed E-state index contributed by atoms with van der Waals surface area (Å²) in [6, 6.07) is 10.7. The summed E-state index contributed by atoms with van der Waals surface area (Å²) in [5.74, 6) is -0.0848. The summed E-state index contributed by atoms with van der Waals surface area (Å²) in [5.41, 5.74) is 8.15. The minimum Gasteiger partial charge on any atom is -0.469 e. The number of methoxy groups -OCH3 is 1. The molecule has 4 nitrogen and oxygen atoms in total. The first kappa shape index (κ1) is 25.9. The Balaban J connectivity index is 1.27. The van der Waals surface area contributed by atoms with Crippen molar-refractivity contribution in [3.05, 3.63) is 69.5 Å². The van der Waals surface area contributed by atoms with Gasteiger partial charge in [-0.1, -0.05) is 61.4 Å². The zero-order chi connectivity index (χ0) is 24.5. The molecule has 0 saturated carbocycles. The van der Waals surface area contributed by atoms with Crippen molar-refractivity contribution in [1.82, 2.24) is 9.88 Å². The van der Waals surface area contributed by atoms with Crippen LogP contribution < -0.4 is 0 Å². The van der Waals surface area contributed by atoms with E-state index in [9.17, 15) is 4.79 Å². The number of aryl methyl sites for hydroxylation is 2. The van der Waals surface area contributed by atoms with E-state index in [0.717, 1.165) is 56.6 Å². The highest BCUT2D eigenvalue weighted by Crippen LogP contribution is 2.38. The van der Waals surface area contributed by atoms with Crippen LogP contribution in [0.1, 0.15) is 86.6 Å². The van der Waals surface area contributed by atoms with Gasteiger partial charge < -0.3 is 9.64 Å². The number of carbonyl (C=O) groups excluding carboxylic acids is 1. The first-order valence-corrected chi connectivity index (χ1v) is 13.8. The average Bonchev–Trinajstić information content (AvgIpc) is 3.04. The van der Waals surface area contributed by atoms with E-state index in [4.69, 9.17) is 21.3 Å². The summed E-state index contributed by atoms with van der Waals surface area (Å²) in [6.45, 7) is 3.47. The van der Waals surface area contributed by atoms with Gasteiger partial charge in [-0.15, -0.1) is 0 Å². The predicted molar refractivity (Wildman–Crippen MR) is 144 cm³/mol. The quantitative estimate of drug-likeness (QED) is 0.263. The number of pyridine rings is 1. The Morgan fingerprint density at radius 2 is 1.66 bits per heavy atom. The minimum absolute atomic E-state index is 0.0848. The Hall–Kier alpha value is -2.17. The number of ether oxygens (including phenoxy) is 1. The third-order valence-electron chi connectivity index (χ3n) is 7.52. The SMILES string of the molecule is COC(=O)CCCCCCCCCN1CCC(=C2c3ccc(Cl)cc3CCc3cccnc32)CC1. The number of aromatic nitrogens is 1. The molecule has 0 spiro atoms. The van der Waals surface area contributed by atoms with Crippen molar-refractivity contribution in [2.75, 3.05) is 26.7 Å². The van der Waals surface area contributed by atoms with Crippen LogP contribution in [0.4, 0.5) is 0 Å². The van der Waals surface area contributed by atoms with Gasteiger partial charge in [0.25, 0.3) is 0 Å². The van der Waals surface area contributed by atoms with Crippen LogP contribution in [0.3, 0.4) is 0 Å². The van der Waals surface area contributed by atoms with E-state index >= 15 is 0 Å². The molecule has 188 valence electrons. The Morgan fingerprint density at radius 1 is 0.943 bits per heavy atom. The summed E-state index contributed by atoms with van der Waals surface area (Å²) in [4.78, 5) is 18.6. The molecule has 1 aromatic heterocycles. The monoisotopic (exact) mass is 494 g/mol. The lowest BCUT2D eigenvalue weighted by atomic mass is 9.88. The van der Waals surface area contributed by atoms with Crippen LogP contribution in [0, 0.1) is 0 Å². The van der Waals surface area contributed by atoms with Crippen molar-refractivity contribution in [3.63, 3.8) is 0 Å². The summed E-state index contributed by atoms with van der Waals surface area (Å²) in [5, 5.41) is 0.822. The normalized spacial score (nSPS) is 15.9. The molecular formula is C30H39ClN2O2. The number of halogens is 1. The first-order valence-electron chi connectivity index (χ1n) is 13.4. The van der Waals surface area contributed by atoms with Gasteiger partial charge in [-0.05, 0) is 80.0 Å². The van der Waals surface area contributed by atoms with E-state index in [1.165, 1.54) is 73.7 Å². The highest BCUT2D eigenvalue weighted by atomic mass is 35.5. The molecule has 5 heteroatoms. The van der Waals surface area contributed by atoms with Crippen molar-refractivity contribution in [3.8, 4) is 0 Å².